The fraction of sp³-hybridized carbons (Fsp3) is 0.154. The molecular formula is C13H13N5S. The van der Waals surface area contributed by atoms with Crippen LogP contribution in [-0.4, -0.2) is 19.7 Å². The van der Waals surface area contributed by atoms with Gasteiger partial charge in [-0.2, -0.15) is 5.10 Å². The summed E-state index contributed by atoms with van der Waals surface area (Å²) in [6, 6.07) is 5.80. The molecule has 3 aromatic heterocycles. The zero-order valence-corrected chi connectivity index (χ0v) is 11.3. The summed E-state index contributed by atoms with van der Waals surface area (Å²) in [5.41, 5.74) is 2.04. The van der Waals surface area contributed by atoms with Gasteiger partial charge in [0, 0.05) is 23.5 Å². The Morgan fingerprint density at radius 1 is 1.37 bits per heavy atom. The number of hydrogen-bond donors (Lipinski definition) is 1. The first-order valence-corrected chi connectivity index (χ1v) is 6.80. The molecule has 3 heterocycles. The lowest BCUT2D eigenvalue weighted by atomic mass is 10.4. The standard InChI is InChI=1S/C13H13N5S/c1-10-9-19-13(17-10)8-14-11-3-4-12(15-7-11)18-6-2-5-16-18/h2-7,9,14H,8H2,1H3. The molecule has 0 fully saturated rings. The van der Waals surface area contributed by atoms with Gasteiger partial charge in [-0.05, 0) is 25.1 Å². The molecule has 0 bridgehead atoms. The molecule has 3 rings (SSSR count). The first kappa shape index (κ1) is 11.9. The maximum atomic E-state index is 4.41. The van der Waals surface area contributed by atoms with Crippen molar-refractivity contribution in [3.63, 3.8) is 0 Å². The van der Waals surface area contributed by atoms with Crippen LogP contribution in [0.2, 0.25) is 0 Å². The molecule has 0 unspecified atom stereocenters. The minimum absolute atomic E-state index is 0.724. The SMILES string of the molecule is Cc1csc(CNc2ccc(-n3cccn3)nc2)n1. The van der Waals surface area contributed by atoms with Crippen LogP contribution in [0.25, 0.3) is 5.82 Å². The van der Waals surface area contributed by atoms with Crippen LogP contribution in [0, 0.1) is 6.92 Å². The quantitative estimate of drug-likeness (QED) is 0.792. The average molecular weight is 271 g/mol. The van der Waals surface area contributed by atoms with Crippen molar-refractivity contribution >= 4 is 17.0 Å². The Morgan fingerprint density at radius 2 is 2.32 bits per heavy atom. The van der Waals surface area contributed by atoms with Gasteiger partial charge in [-0.3, -0.25) is 0 Å². The second-order valence-corrected chi connectivity index (χ2v) is 5.03. The number of aromatic nitrogens is 4. The molecule has 5 nitrogen and oxygen atoms in total. The topological polar surface area (TPSA) is 55.6 Å². The highest BCUT2D eigenvalue weighted by molar-refractivity contribution is 7.09. The maximum Gasteiger partial charge on any atom is 0.153 e. The third-order valence-electron chi connectivity index (χ3n) is 2.60. The van der Waals surface area contributed by atoms with E-state index < -0.39 is 0 Å². The van der Waals surface area contributed by atoms with Gasteiger partial charge >= 0.3 is 0 Å². The van der Waals surface area contributed by atoms with E-state index in [4.69, 9.17) is 0 Å². The van der Waals surface area contributed by atoms with Crippen molar-refractivity contribution in [2.75, 3.05) is 5.32 Å². The fourth-order valence-electron chi connectivity index (χ4n) is 1.69. The lowest BCUT2D eigenvalue weighted by molar-refractivity contribution is 0.847. The minimum Gasteiger partial charge on any atom is -0.377 e. The van der Waals surface area contributed by atoms with E-state index in [2.05, 4.69) is 25.8 Å². The smallest absolute Gasteiger partial charge is 0.153 e. The molecular weight excluding hydrogens is 258 g/mol. The van der Waals surface area contributed by atoms with Gasteiger partial charge in [0.1, 0.15) is 5.01 Å². The van der Waals surface area contributed by atoms with Crippen LogP contribution in [-0.2, 0) is 6.54 Å². The Balaban J connectivity index is 1.66. The van der Waals surface area contributed by atoms with E-state index in [1.54, 1.807) is 28.4 Å². The van der Waals surface area contributed by atoms with Gasteiger partial charge in [-0.1, -0.05) is 0 Å². The molecule has 0 aliphatic heterocycles. The minimum atomic E-state index is 0.724. The van der Waals surface area contributed by atoms with Crippen molar-refractivity contribution in [1.82, 2.24) is 19.7 Å². The highest BCUT2D eigenvalue weighted by atomic mass is 32.1. The third-order valence-corrected chi connectivity index (χ3v) is 3.56. The van der Waals surface area contributed by atoms with Gasteiger partial charge in [0.15, 0.2) is 5.82 Å². The molecule has 0 atom stereocenters. The van der Waals surface area contributed by atoms with Crippen molar-refractivity contribution < 1.29 is 0 Å². The molecule has 96 valence electrons. The first-order valence-electron chi connectivity index (χ1n) is 5.92. The van der Waals surface area contributed by atoms with E-state index in [1.165, 1.54) is 0 Å². The molecule has 0 aliphatic carbocycles. The number of pyridine rings is 1. The van der Waals surface area contributed by atoms with Crippen LogP contribution in [0.3, 0.4) is 0 Å². The normalized spacial score (nSPS) is 10.6. The monoisotopic (exact) mass is 271 g/mol. The Bertz CT molecular complexity index is 642. The van der Waals surface area contributed by atoms with Gasteiger partial charge in [0.05, 0.1) is 18.4 Å². The maximum absolute atomic E-state index is 4.41. The molecule has 1 N–H and O–H groups in total. The van der Waals surface area contributed by atoms with Crippen molar-refractivity contribution in [1.29, 1.82) is 0 Å². The van der Waals surface area contributed by atoms with Crippen LogP contribution in [0.1, 0.15) is 10.7 Å². The zero-order valence-electron chi connectivity index (χ0n) is 10.4. The van der Waals surface area contributed by atoms with Crippen LogP contribution in [0.5, 0.6) is 0 Å². The summed E-state index contributed by atoms with van der Waals surface area (Å²) in [6.07, 6.45) is 5.41. The summed E-state index contributed by atoms with van der Waals surface area (Å²) < 4.78 is 1.73. The van der Waals surface area contributed by atoms with Gasteiger partial charge in [-0.25, -0.2) is 14.6 Å². The lowest BCUT2D eigenvalue weighted by Crippen LogP contribution is -2.01. The van der Waals surface area contributed by atoms with Crippen molar-refractivity contribution in [3.8, 4) is 5.82 Å². The summed E-state index contributed by atoms with van der Waals surface area (Å²) in [6.45, 7) is 2.72. The molecule has 0 spiro atoms. The van der Waals surface area contributed by atoms with Crippen LogP contribution in [0.4, 0.5) is 5.69 Å². The molecule has 0 radical (unpaired) electrons. The molecule has 19 heavy (non-hydrogen) atoms. The molecule has 3 aromatic rings. The van der Waals surface area contributed by atoms with Gasteiger partial charge in [0.2, 0.25) is 0 Å². The number of rotatable bonds is 4. The Morgan fingerprint density at radius 3 is 2.95 bits per heavy atom. The summed E-state index contributed by atoms with van der Waals surface area (Å²) in [7, 11) is 0. The van der Waals surface area contributed by atoms with E-state index in [-0.39, 0.29) is 0 Å². The molecule has 0 saturated carbocycles. The predicted octanol–water partition coefficient (Wildman–Crippen LogP) is 2.64. The van der Waals surface area contributed by atoms with Crippen LogP contribution >= 0.6 is 11.3 Å². The Labute approximate surface area is 115 Å². The fourth-order valence-corrected chi connectivity index (χ4v) is 2.40. The van der Waals surface area contributed by atoms with E-state index in [9.17, 15) is 0 Å². The number of nitrogens with zero attached hydrogens (tertiary/aromatic N) is 4. The Kier molecular flexibility index (Phi) is 3.24. The third kappa shape index (κ3) is 2.79. The highest BCUT2D eigenvalue weighted by Crippen LogP contribution is 2.13. The zero-order chi connectivity index (χ0) is 13.1. The van der Waals surface area contributed by atoms with E-state index >= 15 is 0 Å². The largest absolute Gasteiger partial charge is 0.377 e. The molecule has 0 aliphatic rings. The predicted molar refractivity (Wildman–Crippen MR) is 75.5 cm³/mol. The number of anilines is 1. The van der Waals surface area contributed by atoms with E-state index in [0.29, 0.717) is 0 Å². The molecule has 0 amide bonds. The summed E-state index contributed by atoms with van der Waals surface area (Å²) >= 11 is 1.66. The number of thiazole rings is 1. The molecule has 0 aromatic carbocycles. The van der Waals surface area contributed by atoms with Gasteiger partial charge < -0.3 is 5.32 Å². The average Bonchev–Trinajstić information content (AvgIpc) is 3.08. The van der Waals surface area contributed by atoms with Gasteiger partial charge in [-0.15, -0.1) is 11.3 Å². The van der Waals surface area contributed by atoms with Gasteiger partial charge in [0.25, 0.3) is 0 Å². The summed E-state index contributed by atoms with van der Waals surface area (Å²) in [4.78, 5) is 8.77. The van der Waals surface area contributed by atoms with Crippen molar-refractivity contribution in [2.45, 2.75) is 13.5 Å². The van der Waals surface area contributed by atoms with E-state index in [0.717, 1.165) is 28.8 Å². The first-order chi connectivity index (χ1) is 9.31. The van der Waals surface area contributed by atoms with Crippen LogP contribution < -0.4 is 5.32 Å². The Hall–Kier alpha value is -2.21. The lowest BCUT2D eigenvalue weighted by Gasteiger charge is -2.05. The molecule has 6 heteroatoms. The summed E-state index contributed by atoms with van der Waals surface area (Å²) in [5.74, 6) is 0.806. The van der Waals surface area contributed by atoms with E-state index in [1.807, 2.05) is 31.3 Å². The second kappa shape index (κ2) is 5.19. The van der Waals surface area contributed by atoms with Crippen molar-refractivity contribution in [2.24, 2.45) is 0 Å². The van der Waals surface area contributed by atoms with Crippen LogP contribution in [0.15, 0.2) is 42.2 Å². The number of nitrogens with one attached hydrogen (secondary N) is 1. The highest BCUT2D eigenvalue weighted by Gasteiger charge is 2.00. The molecule has 0 saturated heterocycles. The summed E-state index contributed by atoms with van der Waals surface area (Å²) in [5, 5.41) is 10.6. The number of hydrogen-bond acceptors (Lipinski definition) is 5. The van der Waals surface area contributed by atoms with Crippen molar-refractivity contribution in [3.05, 3.63) is 52.9 Å². The second-order valence-electron chi connectivity index (χ2n) is 4.09. The number of aryl methyl sites for hydroxylation is 1.